The number of pyridine rings is 1. The van der Waals surface area contributed by atoms with E-state index in [0.717, 1.165) is 22.2 Å². The predicted molar refractivity (Wildman–Crippen MR) is 135 cm³/mol. The van der Waals surface area contributed by atoms with Gasteiger partial charge in [-0.25, -0.2) is 4.39 Å². The number of hydrogen-bond donors (Lipinski definition) is 2. The van der Waals surface area contributed by atoms with Gasteiger partial charge in [-0.3, -0.25) is 14.6 Å². The van der Waals surface area contributed by atoms with E-state index in [1.807, 2.05) is 19.1 Å². The molecule has 1 fully saturated rings. The lowest BCUT2D eigenvalue weighted by molar-refractivity contribution is -0.131. The molecule has 1 saturated carbocycles. The van der Waals surface area contributed by atoms with Gasteiger partial charge >= 0.3 is 0 Å². The van der Waals surface area contributed by atoms with Crippen molar-refractivity contribution in [2.24, 2.45) is 5.41 Å². The Morgan fingerprint density at radius 3 is 2.08 bits per heavy atom. The highest BCUT2D eigenvalue weighted by molar-refractivity contribution is 6.16. The molecule has 1 aliphatic rings. The number of benzene rings is 3. The largest absolute Gasteiger partial charge is 0.496 e. The van der Waals surface area contributed by atoms with Crippen LogP contribution in [-0.2, 0) is 9.59 Å². The monoisotopic (exact) mass is 485 g/mol. The molecular weight excluding hydrogens is 461 g/mol. The first kappa shape index (κ1) is 23.3. The zero-order valence-electron chi connectivity index (χ0n) is 19.8. The number of aryl methyl sites for hydroxylation is 1. The van der Waals surface area contributed by atoms with Crippen molar-refractivity contribution >= 4 is 34.1 Å². The number of nitrogens with zero attached hydrogens (tertiary/aromatic N) is 1. The van der Waals surface area contributed by atoms with Gasteiger partial charge < -0.3 is 20.1 Å². The van der Waals surface area contributed by atoms with Gasteiger partial charge in [0.2, 0.25) is 11.8 Å². The van der Waals surface area contributed by atoms with E-state index in [1.165, 1.54) is 24.3 Å². The summed E-state index contributed by atoms with van der Waals surface area (Å²) < 4.78 is 24.6. The molecule has 0 radical (unpaired) electrons. The molecule has 182 valence electrons. The Morgan fingerprint density at radius 2 is 1.50 bits per heavy atom. The average Bonchev–Trinajstić information content (AvgIpc) is 3.69. The van der Waals surface area contributed by atoms with E-state index in [0.29, 0.717) is 35.7 Å². The lowest BCUT2D eigenvalue weighted by Gasteiger charge is -2.16. The molecule has 0 bridgehead atoms. The predicted octanol–water partition coefficient (Wildman–Crippen LogP) is 5.84. The van der Waals surface area contributed by atoms with Crippen LogP contribution in [0.2, 0.25) is 0 Å². The third kappa shape index (κ3) is 4.57. The molecule has 1 aliphatic carbocycles. The van der Waals surface area contributed by atoms with Gasteiger partial charge in [0.1, 0.15) is 28.5 Å². The average molecular weight is 486 g/mol. The number of anilines is 2. The summed E-state index contributed by atoms with van der Waals surface area (Å²) in [7, 11) is 1.62. The molecule has 4 aromatic rings. The van der Waals surface area contributed by atoms with Crippen LogP contribution in [0.1, 0.15) is 18.4 Å². The molecule has 2 N–H and O–H groups in total. The molecule has 0 unspecified atom stereocenters. The number of hydrogen-bond acceptors (Lipinski definition) is 5. The number of ether oxygens (including phenoxy) is 2. The summed E-state index contributed by atoms with van der Waals surface area (Å²) in [5.74, 6) is 0.780. The van der Waals surface area contributed by atoms with Gasteiger partial charge in [0.25, 0.3) is 0 Å². The van der Waals surface area contributed by atoms with Crippen molar-refractivity contribution in [1.29, 1.82) is 0 Å². The fourth-order valence-electron chi connectivity index (χ4n) is 4.01. The summed E-state index contributed by atoms with van der Waals surface area (Å²) in [6.07, 6.45) is 2.58. The molecule has 2 amide bonds. The number of nitrogens with one attached hydrogen (secondary N) is 2. The maximum atomic E-state index is 13.1. The molecule has 0 saturated heterocycles. The second-order valence-corrected chi connectivity index (χ2v) is 8.77. The first-order valence-electron chi connectivity index (χ1n) is 11.5. The van der Waals surface area contributed by atoms with Gasteiger partial charge in [-0.05, 0) is 92.1 Å². The van der Waals surface area contributed by atoms with Crippen LogP contribution >= 0.6 is 0 Å². The fraction of sp³-hybridized carbons (Fsp3) is 0.179. The summed E-state index contributed by atoms with van der Waals surface area (Å²) in [5.41, 5.74) is 1.64. The number of carbonyl (C=O) groups excluding carboxylic acids is 2. The summed E-state index contributed by atoms with van der Waals surface area (Å²) in [6.45, 7) is 1.96. The molecule has 0 atom stereocenters. The topological polar surface area (TPSA) is 89.5 Å². The maximum Gasteiger partial charge on any atom is 0.240 e. The first-order valence-corrected chi connectivity index (χ1v) is 11.5. The third-order valence-electron chi connectivity index (χ3n) is 6.28. The van der Waals surface area contributed by atoms with Crippen LogP contribution in [0.25, 0.3) is 10.9 Å². The van der Waals surface area contributed by atoms with E-state index in [-0.39, 0.29) is 5.91 Å². The first-order chi connectivity index (χ1) is 17.4. The molecule has 5 rings (SSSR count). The van der Waals surface area contributed by atoms with E-state index < -0.39 is 17.1 Å². The minimum atomic E-state index is -1.13. The number of rotatable bonds is 7. The quantitative estimate of drug-likeness (QED) is 0.321. The summed E-state index contributed by atoms with van der Waals surface area (Å²) in [4.78, 5) is 30.1. The Kier molecular flexibility index (Phi) is 6.01. The Bertz CT molecular complexity index is 1450. The van der Waals surface area contributed by atoms with E-state index >= 15 is 0 Å². The molecule has 8 heteroatoms. The highest BCUT2D eigenvalue weighted by atomic mass is 19.1. The van der Waals surface area contributed by atoms with Gasteiger partial charge in [0.05, 0.1) is 12.6 Å². The maximum absolute atomic E-state index is 13.1. The highest BCUT2D eigenvalue weighted by Crippen LogP contribution is 2.47. The number of aromatic nitrogens is 1. The fourth-order valence-corrected chi connectivity index (χ4v) is 4.01. The van der Waals surface area contributed by atoms with E-state index in [9.17, 15) is 14.0 Å². The Hall–Kier alpha value is -4.46. The molecule has 0 aliphatic heterocycles. The minimum Gasteiger partial charge on any atom is -0.496 e. The van der Waals surface area contributed by atoms with Crippen LogP contribution in [0.15, 0.2) is 72.9 Å². The zero-order valence-corrected chi connectivity index (χ0v) is 19.8. The Balaban J connectivity index is 1.27. The summed E-state index contributed by atoms with van der Waals surface area (Å²) >= 11 is 0. The van der Waals surface area contributed by atoms with Crippen LogP contribution in [-0.4, -0.2) is 23.9 Å². The van der Waals surface area contributed by atoms with Crippen LogP contribution in [0.4, 0.5) is 15.8 Å². The van der Waals surface area contributed by atoms with Crippen molar-refractivity contribution in [3.8, 4) is 17.2 Å². The Labute approximate surface area is 207 Å². The summed E-state index contributed by atoms with van der Waals surface area (Å²) in [5, 5.41) is 6.34. The van der Waals surface area contributed by atoms with Gasteiger partial charge in [-0.15, -0.1) is 0 Å². The number of methoxy groups -OCH3 is 1. The van der Waals surface area contributed by atoms with Crippen molar-refractivity contribution in [3.05, 3.63) is 84.3 Å². The van der Waals surface area contributed by atoms with Crippen LogP contribution in [0.5, 0.6) is 17.2 Å². The second kappa shape index (κ2) is 9.30. The standard InChI is InChI=1S/C28H24FN3O4/c1-17-15-23-22(16-25(17)35-2)24(11-14-30-23)36-21-9-7-20(8-10-21)32-27(34)28(12-13-28)26(33)31-19-5-3-18(29)4-6-19/h3-11,14-16H,12-13H2,1-2H3,(H,31,33)(H,32,34). The number of halogens is 1. The van der Waals surface area contributed by atoms with Crippen LogP contribution in [0, 0.1) is 18.2 Å². The molecule has 1 heterocycles. The molecule has 36 heavy (non-hydrogen) atoms. The Morgan fingerprint density at radius 1 is 0.889 bits per heavy atom. The molecule has 0 spiro atoms. The van der Waals surface area contributed by atoms with Crippen molar-refractivity contribution < 1.29 is 23.5 Å². The van der Waals surface area contributed by atoms with E-state index in [2.05, 4.69) is 15.6 Å². The lowest BCUT2D eigenvalue weighted by atomic mass is 10.0. The molecular formula is C28H24FN3O4. The smallest absolute Gasteiger partial charge is 0.240 e. The van der Waals surface area contributed by atoms with Gasteiger partial charge in [0, 0.05) is 23.0 Å². The third-order valence-corrected chi connectivity index (χ3v) is 6.28. The zero-order chi connectivity index (χ0) is 25.3. The van der Waals surface area contributed by atoms with E-state index in [4.69, 9.17) is 9.47 Å². The minimum absolute atomic E-state index is 0.377. The van der Waals surface area contributed by atoms with Crippen LogP contribution in [0.3, 0.4) is 0 Å². The molecule has 3 aromatic carbocycles. The van der Waals surface area contributed by atoms with E-state index in [1.54, 1.807) is 43.6 Å². The second-order valence-electron chi connectivity index (χ2n) is 8.77. The van der Waals surface area contributed by atoms with Crippen molar-refractivity contribution in [2.75, 3.05) is 17.7 Å². The number of amides is 2. The SMILES string of the molecule is COc1cc2c(Oc3ccc(NC(=O)C4(C(=O)Nc5ccc(F)cc5)CC4)cc3)ccnc2cc1C. The normalized spacial score (nSPS) is 13.6. The summed E-state index contributed by atoms with van der Waals surface area (Å²) in [6, 6.07) is 18.0. The van der Waals surface area contributed by atoms with Crippen molar-refractivity contribution in [3.63, 3.8) is 0 Å². The van der Waals surface area contributed by atoms with Gasteiger partial charge in [-0.1, -0.05) is 0 Å². The van der Waals surface area contributed by atoms with Gasteiger partial charge in [-0.2, -0.15) is 0 Å². The highest BCUT2D eigenvalue weighted by Gasteiger charge is 2.56. The van der Waals surface area contributed by atoms with Crippen molar-refractivity contribution in [1.82, 2.24) is 4.98 Å². The van der Waals surface area contributed by atoms with Crippen molar-refractivity contribution in [2.45, 2.75) is 19.8 Å². The van der Waals surface area contributed by atoms with Crippen LogP contribution < -0.4 is 20.1 Å². The lowest BCUT2D eigenvalue weighted by Crippen LogP contribution is -2.35. The number of fused-ring (bicyclic) bond motifs is 1. The molecule has 1 aromatic heterocycles. The molecule has 7 nitrogen and oxygen atoms in total. The van der Waals surface area contributed by atoms with Gasteiger partial charge in [0.15, 0.2) is 0 Å². The number of carbonyl (C=O) groups is 2.